The topological polar surface area (TPSA) is 57.6 Å². The van der Waals surface area contributed by atoms with Crippen LogP contribution >= 0.6 is 0 Å². The number of rotatable bonds is 6. The van der Waals surface area contributed by atoms with E-state index in [1.807, 2.05) is 32.9 Å². The molecule has 1 rings (SSSR count). The number of hydrogen-bond acceptors (Lipinski definition) is 4. The molecule has 1 aromatic heterocycles. The molecule has 0 aliphatic carbocycles. The van der Waals surface area contributed by atoms with Crippen LogP contribution in [0.1, 0.15) is 32.6 Å². The molecule has 0 aliphatic heterocycles. The molecule has 0 bridgehead atoms. The molecule has 4 heteroatoms. The molecular weight excluding hydrogens is 206 g/mol. The molecule has 16 heavy (non-hydrogen) atoms. The fraction of sp³-hybridized carbons (Fsp3) is 0.667. The summed E-state index contributed by atoms with van der Waals surface area (Å²) in [5.41, 5.74) is 5.47. The molecule has 92 valence electrons. The quantitative estimate of drug-likeness (QED) is 0.756. The van der Waals surface area contributed by atoms with Crippen molar-refractivity contribution in [2.45, 2.75) is 32.5 Å². The minimum absolute atomic E-state index is 0.133. The van der Waals surface area contributed by atoms with Gasteiger partial charge in [0.15, 0.2) is 0 Å². The fourth-order valence-electron chi connectivity index (χ4n) is 1.28. The lowest BCUT2D eigenvalue weighted by molar-refractivity contribution is -0.0539. The minimum Gasteiger partial charge on any atom is -0.467 e. The van der Waals surface area contributed by atoms with Crippen LogP contribution < -0.4 is 5.73 Å². The molecule has 1 aromatic rings. The summed E-state index contributed by atoms with van der Waals surface area (Å²) < 4.78 is 16.4. The first-order valence-corrected chi connectivity index (χ1v) is 5.52. The van der Waals surface area contributed by atoms with Gasteiger partial charge >= 0.3 is 0 Å². The standard InChI is InChI=1S/C12H21NO3/c1-12(2,3)16-8-7-15-11(9-13)10-5-4-6-14-10/h4-6,11H,7-9,13H2,1-3H3. The first kappa shape index (κ1) is 13.2. The molecule has 1 unspecified atom stereocenters. The van der Waals surface area contributed by atoms with Crippen molar-refractivity contribution in [3.8, 4) is 0 Å². The van der Waals surface area contributed by atoms with Crippen LogP contribution in [-0.4, -0.2) is 25.4 Å². The van der Waals surface area contributed by atoms with Crippen molar-refractivity contribution < 1.29 is 13.9 Å². The molecule has 2 N–H and O–H groups in total. The predicted molar refractivity (Wildman–Crippen MR) is 62.2 cm³/mol. The van der Waals surface area contributed by atoms with Gasteiger partial charge in [-0.1, -0.05) is 0 Å². The third-order valence-electron chi connectivity index (χ3n) is 2.01. The monoisotopic (exact) mass is 227 g/mol. The summed E-state index contributed by atoms with van der Waals surface area (Å²) in [7, 11) is 0. The lowest BCUT2D eigenvalue weighted by Crippen LogP contribution is -2.23. The smallest absolute Gasteiger partial charge is 0.133 e. The summed E-state index contributed by atoms with van der Waals surface area (Å²) >= 11 is 0. The number of nitrogens with two attached hydrogens (primary N) is 1. The lowest BCUT2D eigenvalue weighted by Gasteiger charge is -2.20. The van der Waals surface area contributed by atoms with Crippen LogP contribution in [0.3, 0.4) is 0 Å². The van der Waals surface area contributed by atoms with Crippen molar-refractivity contribution >= 4 is 0 Å². The minimum atomic E-state index is -0.182. The van der Waals surface area contributed by atoms with Crippen molar-refractivity contribution in [1.82, 2.24) is 0 Å². The highest BCUT2D eigenvalue weighted by Crippen LogP contribution is 2.16. The summed E-state index contributed by atoms with van der Waals surface area (Å²) in [5, 5.41) is 0. The van der Waals surface area contributed by atoms with Gasteiger partial charge < -0.3 is 19.6 Å². The first-order valence-electron chi connectivity index (χ1n) is 5.52. The Labute approximate surface area is 96.7 Å². The Morgan fingerprint density at radius 1 is 1.38 bits per heavy atom. The number of ether oxygens (including phenoxy) is 2. The Kier molecular flexibility index (Phi) is 4.99. The molecule has 0 radical (unpaired) electrons. The molecule has 0 saturated carbocycles. The summed E-state index contributed by atoms with van der Waals surface area (Å²) in [4.78, 5) is 0. The average molecular weight is 227 g/mol. The van der Waals surface area contributed by atoms with Crippen LogP contribution in [-0.2, 0) is 9.47 Å². The van der Waals surface area contributed by atoms with Crippen LogP contribution in [0.5, 0.6) is 0 Å². The Bertz CT molecular complexity index is 277. The van der Waals surface area contributed by atoms with E-state index in [9.17, 15) is 0 Å². The molecular formula is C12H21NO3. The second-order valence-corrected chi connectivity index (χ2v) is 4.57. The van der Waals surface area contributed by atoms with Crippen LogP contribution in [0.2, 0.25) is 0 Å². The van der Waals surface area contributed by atoms with Gasteiger partial charge in [0.05, 0.1) is 25.1 Å². The highest BCUT2D eigenvalue weighted by molar-refractivity contribution is 5.02. The van der Waals surface area contributed by atoms with Crippen molar-refractivity contribution in [3.05, 3.63) is 24.2 Å². The lowest BCUT2D eigenvalue weighted by atomic mass is 10.2. The molecule has 4 nitrogen and oxygen atoms in total. The van der Waals surface area contributed by atoms with Gasteiger partial charge in [-0.3, -0.25) is 0 Å². The van der Waals surface area contributed by atoms with Gasteiger partial charge in [0.2, 0.25) is 0 Å². The third kappa shape index (κ3) is 4.79. The molecule has 0 aliphatic rings. The first-order chi connectivity index (χ1) is 7.53. The third-order valence-corrected chi connectivity index (χ3v) is 2.01. The van der Waals surface area contributed by atoms with Crippen molar-refractivity contribution in [3.63, 3.8) is 0 Å². The van der Waals surface area contributed by atoms with Gasteiger partial charge in [0.25, 0.3) is 0 Å². The molecule has 0 saturated heterocycles. The summed E-state index contributed by atoms with van der Waals surface area (Å²) in [6.45, 7) is 7.52. The zero-order chi connectivity index (χ0) is 12.0. The zero-order valence-electron chi connectivity index (χ0n) is 10.2. The Morgan fingerprint density at radius 3 is 2.62 bits per heavy atom. The SMILES string of the molecule is CC(C)(C)OCCOC(CN)c1ccco1. The maximum atomic E-state index is 5.61. The zero-order valence-corrected chi connectivity index (χ0v) is 10.2. The maximum Gasteiger partial charge on any atom is 0.133 e. The summed E-state index contributed by atoms with van der Waals surface area (Å²) in [6, 6.07) is 3.69. The van der Waals surface area contributed by atoms with E-state index in [0.717, 1.165) is 5.76 Å². The second kappa shape index (κ2) is 6.03. The van der Waals surface area contributed by atoms with Crippen LogP contribution in [0.15, 0.2) is 22.8 Å². The fourth-order valence-corrected chi connectivity index (χ4v) is 1.28. The summed E-state index contributed by atoms with van der Waals surface area (Å²) in [6.07, 6.45) is 1.44. The largest absolute Gasteiger partial charge is 0.467 e. The van der Waals surface area contributed by atoms with Gasteiger partial charge in [-0.05, 0) is 32.9 Å². The van der Waals surface area contributed by atoms with Gasteiger partial charge in [0.1, 0.15) is 11.9 Å². The molecule has 1 atom stereocenters. The van der Waals surface area contributed by atoms with E-state index >= 15 is 0 Å². The van der Waals surface area contributed by atoms with Crippen molar-refractivity contribution in [1.29, 1.82) is 0 Å². The van der Waals surface area contributed by atoms with Crippen LogP contribution in [0.25, 0.3) is 0 Å². The second-order valence-electron chi connectivity index (χ2n) is 4.57. The van der Waals surface area contributed by atoms with E-state index in [2.05, 4.69) is 0 Å². The van der Waals surface area contributed by atoms with Gasteiger partial charge in [-0.25, -0.2) is 0 Å². The van der Waals surface area contributed by atoms with E-state index in [1.54, 1.807) is 6.26 Å². The average Bonchev–Trinajstić information content (AvgIpc) is 2.69. The normalized spacial score (nSPS) is 14.0. The van der Waals surface area contributed by atoms with E-state index in [1.165, 1.54) is 0 Å². The molecule has 0 spiro atoms. The van der Waals surface area contributed by atoms with Gasteiger partial charge in [0, 0.05) is 6.54 Å². The highest BCUT2D eigenvalue weighted by atomic mass is 16.5. The Morgan fingerprint density at radius 2 is 2.12 bits per heavy atom. The Balaban J connectivity index is 2.25. The van der Waals surface area contributed by atoms with E-state index in [4.69, 9.17) is 19.6 Å². The molecule has 0 aromatic carbocycles. The van der Waals surface area contributed by atoms with Gasteiger partial charge in [-0.2, -0.15) is 0 Å². The van der Waals surface area contributed by atoms with E-state index in [-0.39, 0.29) is 11.7 Å². The number of hydrogen-bond donors (Lipinski definition) is 1. The van der Waals surface area contributed by atoms with E-state index in [0.29, 0.717) is 19.8 Å². The molecule has 0 amide bonds. The Hall–Kier alpha value is -0.840. The molecule has 0 fully saturated rings. The molecule has 1 heterocycles. The highest BCUT2D eigenvalue weighted by Gasteiger charge is 2.14. The van der Waals surface area contributed by atoms with Crippen LogP contribution in [0, 0.1) is 0 Å². The summed E-state index contributed by atoms with van der Waals surface area (Å²) in [5.74, 6) is 0.762. The van der Waals surface area contributed by atoms with Crippen molar-refractivity contribution in [2.24, 2.45) is 5.73 Å². The van der Waals surface area contributed by atoms with E-state index < -0.39 is 0 Å². The predicted octanol–water partition coefficient (Wildman–Crippen LogP) is 2.11. The van der Waals surface area contributed by atoms with Gasteiger partial charge in [-0.15, -0.1) is 0 Å². The maximum absolute atomic E-state index is 5.61. The number of furan rings is 1. The van der Waals surface area contributed by atoms with Crippen molar-refractivity contribution in [2.75, 3.05) is 19.8 Å². The van der Waals surface area contributed by atoms with Crippen LogP contribution in [0.4, 0.5) is 0 Å².